The third kappa shape index (κ3) is 5.37. The number of aliphatic hydroxyl groups excluding tert-OH is 1. The number of ether oxygens (including phenoxy) is 3. The summed E-state index contributed by atoms with van der Waals surface area (Å²) >= 11 is 0. The minimum atomic E-state index is -0.827. The smallest absolute Gasteiger partial charge is 0.295 e. The van der Waals surface area contributed by atoms with Gasteiger partial charge in [-0.1, -0.05) is 12.1 Å². The van der Waals surface area contributed by atoms with E-state index in [0.717, 1.165) is 19.2 Å². The van der Waals surface area contributed by atoms with Crippen molar-refractivity contribution in [2.45, 2.75) is 26.0 Å². The number of nitrogens with zero attached hydrogens (tertiary/aromatic N) is 2. The molecule has 8 nitrogen and oxygen atoms in total. The van der Waals surface area contributed by atoms with Crippen LogP contribution in [0.25, 0.3) is 5.76 Å². The molecule has 4 rings (SSSR count). The first-order valence-electron chi connectivity index (χ1n) is 12.0. The predicted molar refractivity (Wildman–Crippen MR) is 131 cm³/mol. The van der Waals surface area contributed by atoms with Crippen LogP contribution >= 0.6 is 0 Å². The van der Waals surface area contributed by atoms with Gasteiger partial charge in [-0.2, -0.15) is 0 Å². The van der Waals surface area contributed by atoms with E-state index in [1.54, 1.807) is 45.2 Å². The number of likely N-dealkylation sites (tertiary alicyclic amines) is 1. The van der Waals surface area contributed by atoms with Crippen LogP contribution in [0.2, 0.25) is 0 Å². The highest BCUT2D eigenvalue weighted by Crippen LogP contribution is 2.40. The average Bonchev–Trinajstić information content (AvgIpc) is 3.13. The molecular formula is C27H31FN2O6. The van der Waals surface area contributed by atoms with Gasteiger partial charge in [-0.3, -0.25) is 14.5 Å². The molecule has 2 aromatic carbocycles. The molecule has 1 N–H and O–H groups in total. The fourth-order valence-corrected chi connectivity index (χ4v) is 4.47. The first kappa shape index (κ1) is 25.7. The maximum absolute atomic E-state index is 14.7. The summed E-state index contributed by atoms with van der Waals surface area (Å²) in [5.74, 6) is -1.96. The van der Waals surface area contributed by atoms with Crippen molar-refractivity contribution < 1.29 is 33.3 Å². The van der Waals surface area contributed by atoms with Gasteiger partial charge in [-0.25, -0.2) is 4.39 Å². The van der Waals surface area contributed by atoms with E-state index < -0.39 is 29.3 Å². The van der Waals surface area contributed by atoms with Gasteiger partial charge in [0, 0.05) is 31.7 Å². The van der Waals surface area contributed by atoms with Crippen molar-refractivity contribution in [2.24, 2.45) is 0 Å². The van der Waals surface area contributed by atoms with Gasteiger partial charge in [0.15, 0.2) is 11.6 Å². The number of hydrogen-bond donors (Lipinski definition) is 1. The Morgan fingerprint density at radius 2 is 1.81 bits per heavy atom. The molecule has 2 aliphatic rings. The second kappa shape index (κ2) is 11.1. The van der Waals surface area contributed by atoms with Crippen LogP contribution in [-0.4, -0.2) is 79.2 Å². The molecule has 2 saturated heterocycles. The lowest BCUT2D eigenvalue weighted by Gasteiger charge is -2.31. The Hall–Kier alpha value is -3.43. The monoisotopic (exact) mass is 498 g/mol. The topological polar surface area (TPSA) is 88.5 Å². The lowest BCUT2D eigenvalue weighted by molar-refractivity contribution is -0.140. The molecule has 0 aliphatic carbocycles. The minimum Gasteiger partial charge on any atom is -0.507 e. The quantitative estimate of drug-likeness (QED) is 0.339. The fourth-order valence-electron chi connectivity index (χ4n) is 4.47. The van der Waals surface area contributed by atoms with Gasteiger partial charge in [0.2, 0.25) is 0 Å². The van der Waals surface area contributed by atoms with Gasteiger partial charge in [-0.05, 0) is 49.7 Å². The van der Waals surface area contributed by atoms with Crippen molar-refractivity contribution in [3.8, 4) is 11.5 Å². The van der Waals surface area contributed by atoms with E-state index in [4.69, 9.17) is 14.2 Å². The molecule has 2 heterocycles. The van der Waals surface area contributed by atoms with Crippen LogP contribution in [0.5, 0.6) is 11.5 Å². The normalized spacial score (nSPS) is 20.2. The zero-order valence-electron chi connectivity index (χ0n) is 20.7. The Morgan fingerprint density at radius 1 is 1.11 bits per heavy atom. The fraction of sp³-hybridized carbons (Fsp3) is 0.407. The maximum atomic E-state index is 14.7. The summed E-state index contributed by atoms with van der Waals surface area (Å²) in [6.07, 6.45) is -0.231. The van der Waals surface area contributed by atoms with Crippen LogP contribution in [0.15, 0.2) is 48.0 Å². The van der Waals surface area contributed by atoms with Crippen LogP contribution < -0.4 is 9.47 Å². The molecule has 1 atom stereocenters. The molecule has 2 fully saturated rings. The third-order valence-electron chi connectivity index (χ3n) is 6.30. The van der Waals surface area contributed by atoms with Gasteiger partial charge in [0.05, 0.1) is 38.0 Å². The lowest BCUT2D eigenvalue weighted by atomic mass is 9.95. The van der Waals surface area contributed by atoms with Gasteiger partial charge >= 0.3 is 0 Å². The molecule has 0 aromatic heterocycles. The maximum Gasteiger partial charge on any atom is 0.295 e. The Bertz CT molecular complexity index is 1140. The molecule has 36 heavy (non-hydrogen) atoms. The summed E-state index contributed by atoms with van der Waals surface area (Å²) in [5.41, 5.74) is 0.649. The Balaban J connectivity index is 1.73. The predicted octanol–water partition coefficient (Wildman–Crippen LogP) is 3.38. The molecule has 9 heteroatoms. The highest BCUT2D eigenvalue weighted by molar-refractivity contribution is 6.46. The van der Waals surface area contributed by atoms with Crippen LogP contribution in [0.3, 0.4) is 0 Å². The van der Waals surface area contributed by atoms with Crippen molar-refractivity contribution in [3.63, 3.8) is 0 Å². The number of halogens is 1. The molecule has 1 amide bonds. The summed E-state index contributed by atoms with van der Waals surface area (Å²) in [6, 6.07) is 10.1. The van der Waals surface area contributed by atoms with Crippen molar-refractivity contribution in [2.75, 3.05) is 46.5 Å². The number of benzene rings is 2. The molecule has 0 bridgehead atoms. The number of carbonyl (C=O) groups is 2. The van der Waals surface area contributed by atoms with E-state index in [9.17, 15) is 19.1 Å². The van der Waals surface area contributed by atoms with Crippen LogP contribution in [0, 0.1) is 5.82 Å². The van der Waals surface area contributed by atoms with E-state index in [-0.39, 0.29) is 29.5 Å². The molecular weight excluding hydrogens is 467 g/mol. The summed E-state index contributed by atoms with van der Waals surface area (Å²) in [5, 5.41) is 11.2. The number of amides is 1. The van der Waals surface area contributed by atoms with Crippen molar-refractivity contribution in [1.29, 1.82) is 0 Å². The van der Waals surface area contributed by atoms with E-state index >= 15 is 0 Å². The zero-order chi connectivity index (χ0) is 25.8. The number of hydrogen-bond acceptors (Lipinski definition) is 7. The van der Waals surface area contributed by atoms with Crippen molar-refractivity contribution in [1.82, 2.24) is 9.80 Å². The first-order chi connectivity index (χ1) is 17.3. The molecule has 0 radical (unpaired) electrons. The van der Waals surface area contributed by atoms with E-state index in [0.29, 0.717) is 31.1 Å². The minimum absolute atomic E-state index is 0.0409. The first-order valence-corrected chi connectivity index (χ1v) is 12.0. The van der Waals surface area contributed by atoms with Gasteiger partial charge < -0.3 is 24.2 Å². The number of Topliss-reactive ketones (excluding diaryl/α,β-unsaturated/α-hetero) is 1. The standard InChI is InChI=1S/C27H31FN2O6/c1-17(2)36-22-9-6-19(16-21(22)28)25(31)23-24(18-4-7-20(34-3)8-5-18)30(27(33)26(23)32)11-10-29-12-14-35-15-13-29/h4-9,16-17,24,31H,10-15H2,1-3H3/b25-23-. The Kier molecular flexibility index (Phi) is 7.91. The van der Waals surface area contributed by atoms with Crippen LogP contribution in [0.1, 0.15) is 31.0 Å². The van der Waals surface area contributed by atoms with Crippen molar-refractivity contribution >= 4 is 17.4 Å². The number of aliphatic hydroxyl groups is 1. The largest absolute Gasteiger partial charge is 0.507 e. The van der Waals surface area contributed by atoms with Crippen LogP contribution in [-0.2, 0) is 14.3 Å². The summed E-state index contributed by atoms with van der Waals surface area (Å²) in [7, 11) is 1.55. The molecule has 0 spiro atoms. The Morgan fingerprint density at radius 3 is 2.42 bits per heavy atom. The number of morpholine rings is 1. The molecule has 1 unspecified atom stereocenters. The highest BCUT2D eigenvalue weighted by atomic mass is 19.1. The number of rotatable bonds is 8. The third-order valence-corrected chi connectivity index (χ3v) is 6.30. The number of carbonyl (C=O) groups excluding carboxylic acids is 2. The number of ketones is 1. The highest BCUT2D eigenvalue weighted by Gasteiger charge is 2.46. The van der Waals surface area contributed by atoms with Gasteiger partial charge in [0.25, 0.3) is 11.7 Å². The molecule has 2 aliphatic heterocycles. The van der Waals surface area contributed by atoms with E-state index in [1.807, 2.05) is 0 Å². The summed E-state index contributed by atoms with van der Waals surface area (Å²) < 4.78 is 30.8. The molecule has 0 saturated carbocycles. The zero-order valence-corrected chi connectivity index (χ0v) is 20.7. The number of methoxy groups -OCH3 is 1. The average molecular weight is 499 g/mol. The SMILES string of the molecule is COc1ccc(C2/C(=C(/O)c3ccc(OC(C)C)c(F)c3)C(=O)C(=O)N2CCN2CCOCC2)cc1. The molecule has 192 valence electrons. The van der Waals surface area contributed by atoms with Gasteiger partial charge in [0.1, 0.15) is 11.5 Å². The molecule has 2 aromatic rings. The van der Waals surface area contributed by atoms with E-state index in [1.165, 1.54) is 17.0 Å². The second-order valence-electron chi connectivity index (χ2n) is 9.03. The van der Waals surface area contributed by atoms with Crippen molar-refractivity contribution in [3.05, 3.63) is 65.0 Å². The second-order valence-corrected chi connectivity index (χ2v) is 9.03. The Labute approximate surface area is 209 Å². The van der Waals surface area contributed by atoms with Crippen LogP contribution in [0.4, 0.5) is 4.39 Å². The van der Waals surface area contributed by atoms with E-state index in [2.05, 4.69) is 4.90 Å². The van der Waals surface area contributed by atoms with Gasteiger partial charge in [-0.15, -0.1) is 0 Å². The lowest BCUT2D eigenvalue weighted by Crippen LogP contribution is -2.42. The summed E-state index contributed by atoms with van der Waals surface area (Å²) in [6.45, 7) is 7.10. The summed E-state index contributed by atoms with van der Waals surface area (Å²) in [4.78, 5) is 30.0.